The van der Waals surface area contributed by atoms with E-state index in [0.29, 0.717) is 0 Å². The molecule has 0 atom stereocenters. The maximum atomic E-state index is 7.50. The molecule has 14 heavy (non-hydrogen) atoms. The average molecular weight is 249 g/mol. The molecule has 2 aliphatic carbocycles. The van der Waals surface area contributed by atoms with Crippen molar-refractivity contribution in [3.8, 4) is 0 Å². The van der Waals surface area contributed by atoms with Gasteiger partial charge in [0.05, 0.1) is 0 Å². The standard InChI is InChI=1S/2C5H5.CO.ClH.Fe/c2*1-2-4-5-3-1;1-2;;/h2*1-5H;;1H;/q;;;;+2/p-1. The van der Waals surface area contributed by atoms with E-state index in [1.165, 1.54) is 0 Å². The third kappa shape index (κ3) is 15.0. The third-order valence-electron chi connectivity index (χ3n) is 1.11. The molecular weight excluding hydrogens is 239 g/mol. The molecule has 0 N–H and O–H groups in total. The fourth-order valence-electron chi connectivity index (χ4n) is 0.642. The summed E-state index contributed by atoms with van der Waals surface area (Å²) in [6.45, 7) is 4.50. The van der Waals surface area contributed by atoms with Gasteiger partial charge in [0.15, 0.2) is 0 Å². The van der Waals surface area contributed by atoms with Gasteiger partial charge in [0.25, 0.3) is 0 Å². The van der Waals surface area contributed by atoms with Gasteiger partial charge in [-0.05, 0) is 64.2 Å². The zero-order valence-electron chi connectivity index (χ0n) is 7.41. The van der Waals surface area contributed by atoms with Gasteiger partial charge in [-0.25, -0.2) is 0 Å². The summed E-state index contributed by atoms with van der Waals surface area (Å²) in [6.07, 6.45) is 20.0. The fourth-order valence-corrected chi connectivity index (χ4v) is 0.642. The predicted octanol–water partition coefficient (Wildman–Crippen LogP) is -0.993. The molecule has 0 unspecified atom stereocenters. The minimum atomic E-state index is 0. The largest absolute Gasteiger partial charge is 2.00 e. The first-order valence-corrected chi connectivity index (χ1v) is 3.54. The Hall–Kier alpha value is 0.549. The maximum Gasteiger partial charge on any atom is 2.00 e. The SMILES string of the molecule is [C-]#[O+].[CH]1[CH][CH][CH][CH]1.[CH]1[CH][CH][CH][CH]1.[Cl-].[Fe+2]. The Labute approximate surface area is 105 Å². The van der Waals surface area contributed by atoms with Crippen LogP contribution in [0.25, 0.3) is 0 Å². The number of halogens is 1. The van der Waals surface area contributed by atoms with Crippen LogP contribution in [0.3, 0.4) is 0 Å². The molecule has 3 heteroatoms. The van der Waals surface area contributed by atoms with Crippen molar-refractivity contribution in [1.29, 1.82) is 0 Å². The molecular formula is C11H10ClFeO+. The fraction of sp³-hybridized carbons (Fsp3) is 0. The van der Waals surface area contributed by atoms with E-state index in [0.717, 1.165) is 0 Å². The molecule has 0 heterocycles. The van der Waals surface area contributed by atoms with E-state index in [9.17, 15) is 0 Å². The Morgan fingerprint density at radius 1 is 0.500 bits per heavy atom. The molecule has 0 spiro atoms. The molecule has 10 radical (unpaired) electrons. The van der Waals surface area contributed by atoms with Gasteiger partial charge in [-0.3, -0.25) is 0 Å². The molecule has 0 saturated heterocycles. The smallest absolute Gasteiger partial charge is 1.00 e. The van der Waals surface area contributed by atoms with E-state index in [1.54, 1.807) is 0 Å². The van der Waals surface area contributed by atoms with E-state index in [4.69, 9.17) is 4.65 Å². The summed E-state index contributed by atoms with van der Waals surface area (Å²) in [5.74, 6) is 0. The molecule has 2 fully saturated rings. The van der Waals surface area contributed by atoms with Crippen molar-refractivity contribution < 1.29 is 34.1 Å². The first-order chi connectivity index (χ1) is 6.00. The van der Waals surface area contributed by atoms with Gasteiger partial charge in [0, 0.05) is 0 Å². The van der Waals surface area contributed by atoms with Crippen LogP contribution in [0.1, 0.15) is 0 Å². The number of hydrogen-bond acceptors (Lipinski definition) is 0. The summed E-state index contributed by atoms with van der Waals surface area (Å²) < 4.78 is 7.50. The Balaban J connectivity index is -0.000000131. The van der Waals surface area contributed by atoms with E-state index in [-0.39, 0.29) is 29.5 Å². The molecule has 0 bridgehead atoms. The van der Waals surface area contributed by atoms with E-state index in [2.05, 4.69) is 6.65 Å². The molecule has 0 amide bonds. The van der Waals surface area contributed by atoms with Crippen LogP contribution in [0.4, 0.5) is 0 Å². The second-order valence-corrected chi connectivity index (χ2v) is 1.92. The zero-order chi connectivity index (χ0) is 9.07. The van der Waals surface area contributed by atoms with Crippen LogP contribution in [0, 0.1) is 70.9 Å². The van der Waals surface area contributed by atoms with Gasteiger partial charge in [0.1, 0.15) is 0 Å². The minimum Gasteiger partial charge on any atom is -1.00 e. The van der Waals surface area contributed by atoms with Crippen molar-refractivity contribution in [3.05, 3.63) is 70.9 Å². The van der Waals surface area contributed by atoms with Crippen molar-refractivity contribution in [1.82, 2.24) is 0 Å². The molecule has 1 nitrogen and oxygen atoms in total. The topological polar surface area (TPSA) is 19.9 Å². The molecule has 0 aliphatic heterocycles. The third-order valence-corrected chi connectivity index (χ3v) is 1.11. The van der Waals surface area contributed by atoms with Gasteiger partial charge in [-0.15, -0.1) is 0 Å². The van der Waals surface area contributed by atoms with E-state index < -0.39 is 0 Å². The summed E-state index contributed by atoms with van der Waals surface area (Å²) in [4.78, 5) is 0. The summed E-state index contributed by atoms with van der Waals surface area (Å²) in [5.41, 5.74) is 0. The molecule has 0 aromatic heterocycles. The molecule has 74 valence electrons. The van der Waals surface area contributed by atoms with Crippen LogP contribution in [0.5, 0.6) is 0 Å². The second-order valence-electron chi connectivity index (χ2n) is 1.92. The molecule has 0 aromatic rings. The summed E-state index contributed by atoms with van der Waals surface area (Å²) in [7, 11) is 0. The molecule has 2 saturated carbocycles. The van der Waals surface area contributed by atoms with Crippen LogP contribution in [0.2, 0.25) is 0 Å². The van der Waals surface area contributed by atoms with Crippen LogP contribution in [0.15, 0.2) is 0 Å². The number of rotatable bonds is 0. The maximum absolute atomic E-state index is 7.50. The first kappa shape index (κ1) is 20.0. The zero-order valence-corrected chi connectivity index (χ0v) is 9.27. The summed E-state index contributed by atoms with van der Waals surface area (Å²) >= 11 is 0. The summed E-state index contributed by atoms with van der Waals surface area (Å²) in [6, 6.07) is 0. The van der Waals surface area contributed by atoms with Crippen molar-refractivity contribution in [2.75, 3.05) is 0 Å². The number of hydrogen-bond donors (Lipinski definition) is 0. The molecule has 2 rings (SSSR count). The van der Waals surface area contributed by atoms with E-state index in [1.807, 2.05) is 64.2 Å². The van der Waals surface area contributed by atoms with Crippen molar-refractivity contribution >= 4 is 0 Å². The Morgan fingerprint density at radius 3 is 0.643 bits per heavy atom. The quantitative estimate of drug-likeness (QED) is 0.298. The van der Waals surface area contributed by atoms with Crippen LogP contribution >= 0.6 is 0 Å². The normalized spacial score (nSPS) is 17.3. The average Bonchev–Trinajstić information content (AvgIpc) is 2.87. The van der Waals surface area contributed by atoms with Gasteiger partial charge in [-0.2, -0.15) is 0 Å². The van der Waals surface area contributed by atoms with Crippen LogP contribution in [-0.4, -0.2) is 0 Å². The minimum absolute atomic E-state index is 0. The van der Waals surface area contributed by atoms with E-state index >= 15 is 0 Å². The molecule has 0 aromatic carbocycles. The Bertz CT molecular complexity index is 73.5. The molecule has 2 aliphatic rings. The van der Waals surface area contributed by atoms with Crippen molar-refractivity contribution in [3.63, 3.8) is 0 Å². The first-order valence-electron chi connectivity index (χ1n) is 3.54. The van der Waals surface area contributed by atoms with Gasteiger partial charge >= 0.3 is 28.4 Å². The van der Waals surface area contributed by atoms with Crippen LogP contribution < -0.4 is 12.4 Å². The Morgan fingerprint density at radius 2 is 0.571 bits per heavy atom. The monoisotopic (exact) mass is 249 g/mol. The van der Waals surface area contributed by atoms with Crippen LogP contribution in [-0.2, 0) is 21.7 Å². The van der Waals surface area contributed by atoms with Crippen molar-refractivity contribution in [2.24, 2.45) is 0 Å². The second kappa shape index (κ2) is 19.2. The van der Waals surface area contributed by atoms with Crippen molar-refractivity contribution in [2.45, 2.75) is 0 Å². The van der Waals surface area contributed by atoms with Gasteiger partial charge in [0.2, 0.25) is 0 Å². The Kier molecular flexibility index (Phi) is 27.4. The van der Waals surface area contributed by atoms with Gasteiger partial charge < -0.3 is 12.4 Å². The predicted molar refractivity (Wildman–Crippen MR) is 46.9 cm³/mol. The summed E-state index contributed by atoms with van der Waals surface area (Å²) in [5, 5.41) is 0. The van der Waals surface area contributed by atoms with Gasteiger partial charge in [-0.1, -0.05) is 0 Å².